The number of hydrogen-bond acceptors (Lipinski definition) is 2. The van der Waals surface area contributed by atoms with Crippen molar-refractivity contribution < 1.29 is 0 Å². The summed E-state index contributed by atoms with van der Waals surface area (Å²) in [5.74, 6) is 1.77. The average molecular weight is 278 g/mol. The predicted molar refractivity (Wildman–Crippen MR) is 85.9 cm³/mol. The van der Waals surface area contributed by atoms with Crippen molar-refractivity contribution in [2.24, 2.45) is 17.3 Å². The SMILES string of the molecule is CC(C)CCCN1CCN(C23CC(C(C)C)(C2)C3)CC1. The monoisotopic (exact) mass is 278 g/mol. The van der Waals surface area contributed by atoms with Crippen LogP contribution in [-0.4, -0.2) is 48.1 Å². The minimum Gasteiger partial charge on any atom is -0.301 e. The van der Waals surface area contributed by atoms with Crippen LogP contribution in [0.3, 0.4) is 0 Å². The standard InChI is InChI=1S/C18H34N2/c1-15(2)6-5-7-19-8-10-20(11-9-19)18-12-17(13-18,14-18)16(3)4/h15-16H,5-14H2,1-4H3. The fraction of sp³-hybridized carbons (Fsp3) is 1.00. The molecule has 1 saturated heterocycles. The molecule has 0 radical (unpaired) electrons. The lowest BCUT2D eigenvalue weighted by molar-refractivity contribution is -0.246. The summed E-state index contributed by atoms with van der Waals surface area (Å²) in [7, 11) is 0. The largest absolute Gasteiger partial charge is 0.301 e. The molecule has 116 valence electrons. The van der Waals surface area contributed by atoms with Gasteiger partial charge in [-0.15, -0.1) is 0 Å². The lowest BCUT2D eigenvalue weighted by Gasteiger charge is -2.76. The molecule has 0 aromatic carbocycles. The van der Waals surface area contributed by atoms with Crippen molar-refractivity contribution in [1.82, 2.24) is 9.80 Å². The molecule has 0 amide bonds. The average Bonchev–Trinajstić information content (AvgIpc) is 2.26. The van der Waals surface area contributed by atoms with Crippen LogP contribution in [0.15, 0.2) is 0 Å². The van der Waals surface area contributed by atoms with Gasteiger partial charge in [-0.05, 0) is 55.9 Å². The molecule has 3 saturated carbocycles. The molecule has 3 aliphatic carbocycles. The molecule has 0 unspecified atom stereocenters. The second-order valence-corrected chi connectivity index (χ2v) is 8.64. The van der Waals surface area contributed by atoms with E-state index in [1.807, 2.05) is 0 Å². The number of piperazine rings is 1. The van der Waals surface area contributed by atoms with Gasteiger partial charge in [0.15, 0.2) is 0 Å². The Morgan fingerprint density at radius 2 is 1.50 bits per heavy atom. The van der Waals surface area contributed by atoms with Crippen molar-refractivity contribution in [3.8, 4) is 0 Å². The van der Waals surface area contributed by atoms with Crippen molar-refractivity contribution in [1.29, 1.82) is 0 Å². The van der Waals surface area contributed by atoms with E-state index < -0.39 is 0 Å². The highest BCUT2D eigenvalue weighted by molar-refractivity contribution is 5.24. The Labute approximate surface area is 125 Å². The first-order chi connectivity index (χ1) is 9.46. The van der Waals surface area contributed by atoms with Crippen molar-refractivity contribution >= 4 is 0 Å². The summed E-state index contributed by atoms with van der Waals surface area (Å²) in [6, 6.07) is 0. The van der Waals surface area contributed by atoms with Gasteiger partial charge >= 0.3 is 0 Å². The van der Waals surface area contributed by atoms with E-state index in [0.29, 0.717) is 5.54 Å². The van der Waals surface area contributed by atoms with Crippen molar-refractivity contribution in [3.05, 3.63) is 0 Å². The number of rotatable bonds is 6. The van der Waals surface area contributed by atoms with E-state index in [1.54, 1.807) is 0 Å². The van der Waals surface area contributed by atoms with Crippen LogP contribution >= 0.6 is 0 Å². The van der Waals surface area contributed by atoms with Crippen molar-refractivity contribution in [3.63, 3.8) is 0 Å². The van der Waals surface area contributed by atoms with E-state index in [2.05, 4.69) is 37.5 Å². The maximum Gasteiger partial charge on any atom is 0.0226 e. The molecule has 0 N–H and O–H groups in total. The van der Waals surface area contributed by atoms with Crippen LogP contribution in [0.25, 0.3) is 0 Å². The Morgan fingerprint density at radius 1 is 0.900 bits per heavy atom. The highest BCUT2D eigenvalue weighted by atomic mass is 15.3. The minimum atomic E-state index is 0.661. The summed E-state index contributed by atoms with van der Waals surface area (Å²) in [5, 5.41) is 0. The normalized spacial score (nSPS) is 38.1. The Hall–Kier alpha value is -0.0800. The van der Waals surface area contributed by atoms with Gasteiger partial charge < -0.3 is 4.90 Å². The molecule has 0 spiro atoms. The van der Waals surface area contributed by atoms with E-state index in [1.165, 1.54) is 64.8 Å². The lowest BCUT2D eigenvalue weighted by Crippen LogP contribution is -2.77. The summed E-state index contributed by atoms with van der Waals surface area (Å²) in [4.78, 5) is 5.54. The summed E-state index contributed by atoms with van der Waals surface area (Å²) < 4.78 is 0. The molecule has 2 bridgehead atoms. The zero-order valence-corrected chi connectivity index (χ0v) is 14.1. The van der Waals surface area contributed by atoms with Crippen LogP contribution in [-0.2, 0) is 0 Å². The van der Waals surface area contributed by atoms with Crippen LogP contribution in [0, 0.1) is 17.3 Å². The second kappa shape index (κ2) is 5.28. The smallest absolute Gasteiger partial charge is 0.0226 e. The predicted octanol–water partition coefficient (Wildman–Crippen LogP) is 3.62. The topological polar surface area (TPSA) is 6.48 Å². The van der Waals surface area contributed by atoms with Crippen LogP contribution in [0.2, 0.25) is 0 Å². The minimum absolute atomic E-state index is 0.661. The van der Waals surface area contributed by atoms with Crippen molar-refractivity contribution in [2.75, 3.05) is 32.7 Å². The molecule has 20 heavy (non-hydrogen) atoms. The highest BCUT2D eigenvalue weighted by Crippen LogP contribution is 2.72. The summed E-state index contributed by atoms with van der Waals surface area (Å²) in [6.45, 7) is 16.1. The van der Waals surface area contributed by atoms with Gasteiger partial charge in [0.05, 0.1) is 0 Å². The molecule has 0 aromatic rings. The van der Waals surface area contributed by atoms with E-state index in [0.717, 1.165) is 17.3 Å². The molecule has 2 heteroatoms. The van der Waals surface area contributed by atoms with Gasteiger partial charge in [-0.25, -0.2) is 0 Å². The third kappa shape index (κ3) is 2.43. The van der Waals surface area contributed by atoms with Crippen LogP contribution < -0.4 is 0 Å². The van der Waals surface area contributed by atoms with Gasteiger partial charge in [-0.3, -0.25) is 4.90 Å². The second-order valence-electron chi connectivity index (χ2n) is 8.64. The third-order valence-electron chi connectivity index (χ3n) is 6.57. The van der Waals surface area contributed by atoms with Crippen LogP contribution in [0.5, 0.6) is 0 Å². The molecule has 1 heterocycles. The summed E-state index contributed by atoms with van der Waals surface area (Å²) in [6.07, 6.45) is 7.29. The Kier molecular flexibility index (Phi) is 3.92. The quantitative estimate of drug-likeness (QED) is 0.732. The summed E-state index contributed by atoms with van der Waals surface area (Å²) in [5.41, 5.74) is 1.42. The zero-order chi connectivity index (χ0) is 14.4. The van der Waals surface area contributed by atoms with Crippen molar-refractivity contribution in [2.45, 2.75) is 65.3 Å². The molecular weight excluding hydrogens is 244 g/mol. The third-order valence-corrected chi connectivity index (χ3v) is 6.57. The first kappa shape index (κ1) is 14.8. The molecule has 0 atom stereocenters. The molecule has 2 nitrogen and oxygen atoms in total. The van der Waals surface area contributed by atoms with Gasteiger partial charge in [0.2, 0.25) is 0 Å². The Balaban J connectivity index is 1.38. The van der Waals surface area contributed by atoms with E-state index in [9.17, 15) is 0 Å². The molecule has 4 aliphatic rings. The number of hydrogen-bond donors (Lipinski definition) is 0. The Morgan fingerprint density at radius 3 is 2.00 bits per heavy atom. The van der Waals surface area contributed by atoms with Gasteiger partial charge in [-0.2, -0.15) is 0 Å². The maximum atomic E-state index is 2.84. The molecule has 0 aromatic heterocycles. The van der Waals surface area contributed by atoms with Gasteiger partial charge in [-0.1, -0.05) is 27.7 Å². The number of nitrogens with zero attached hydrogens (tertiary/aromatic N) is 2. The summed E-state index contributed by atoms with van der Waals surface area (Å²) >= 11 is 0. The lowest BCUT2D eigenvalue weighted by atomic mass is 9.35. The highest BCUT2D eigenvalue weighted by Gasteiger charge is 2.70. The molecule has 4 rings (SSSR count). The van der Waals surface area contributed by atoms with Gasteiger partial charge in [0, 0.05) is 31.7 Å². The zero-order valence-electron chi connectivity index (χ0n) is 14.1. The molecular formula is C18H34N2. The van der Waals surface area contributed by atoms with E-state index >= 15 is 0 Å². The molecule has 1 aliphatic heterocycles. The maximum absolute atomic E-state index is 2.84. The van der Waals surface area contributed by atoms with Gasteiger partial charge in [0.1, 0.15) is 0 Å². The fourth-order valence-corrected chi connectivity index (χ4v) is 4.93. The van der Waals surface area contributed by atoms with Gasteiger partial charge in [0.25, 0.3) is 0 Å². The first-order valence-electron chi connectivity index (χ1n) is 8.93. The van der Waals surface area contributed by atoms with E-state index in [-0.39, 0.29) is 0 Å². The van der Waals surface area contributed by atoms with Crippen LogP contribution in [0.4, 0.5) is 0 Å². The fourth-order valence-electron chi connectivity index (χ4n) is 4.93. The van der Waals surface area contributed by atoms with E-state index in [4.69, 9.17) is 0 Å². The molecule has 4 fully saturated rings. The van der Waals surface area contributed by atoms with Crippen LogP contribution in [0.1, 0.15) is 59.8 Å². The first-order valence-corrected chi connectivity index (χ1v) is 8.93. The Bertz CT molecular complexity index is 320.